The maximum atomic E-state index is 6.25. The van der Waals surface area contributed by atoms with Gasteiger partial charge in [-0.25, -0.2) is 4.98 Å². The molecular formula is C13H18ClN3. The second-order valence-corrected chi connectivity index (χ2v) is 4.98. The van der Waals surface area contributed by atoms with Crippen LogP contribution in [0.15, 0.2) is 18.2 Å². The van der Waals surface area contributed by atoms with Crippen LogP contribution in [-0.2, 0) is 6.54 Å². The Balaban J connectivity index is 2.29. The van der Waals surface area contributed by atoms with Crippen molar-refractivity contribution < 1.29 is 0 Å². The molecule has 0 unspecified atom stereocenters. The summed E-state index contributed by atoms with van der Waals surface area (Å²) in [5, 5.41) is 0.785. The number of aryl methyl sites for hydroxylation is 2. The number of rotatable bonds is 4. The minimum atomic E-state index is 0.785. The largest absolute Gasteiger partial charge is 0.327 e. The minimum absolute atomic E-state index is 0.785. The van der Waals surface area contributed by atoms with E-state index in [0.29, 0.717) is 0 Å². The van der Waals surface area contributed by atoms with Gasteiger partial charge in [0.05, 0.1) is 16.1 Å². The highest BCUT2D eigenvalue weighted by atomic mass is 35.5. The zero-order valence-corrected chi connectivity index (χ0v) is 11.3. The first kappa shape index (κ1) is 12.4. The lowest BCUT2D eigenvalue weighted by molar-refractivity contribution is 0.387. The van der Waals surface area contributed by atoms with E-state index < -0.39 is 0 Å². The number of nitrogens with zero attached hydrogens (tertiary/aromatic N) is 3. The average molecular weight is 252 g/mol. The molecule has 4 heteroatoms. The zero-order valence-electron chi connectivity index (χ0n) is 10.6. The number of fused-ring (bicyclic) bond motifs is 1. The van der Waals surface area contributed by atoms with Crippen molar-refractivity contribution in [3.8, 4) is 0 Å². The topological polar surface area (TPSA) is 21.1 Å². The van der Waals surface area contributed by atoms with Crippen molar-refractivity contribution in [3.05, 3.63) is 29.0 Å². The van der Waals surface area contributed by atoms with Crippen molar-refractivity contribution in [1.82, 2.24) is 14.5 Å². The number of halogens is 1. The Kier molecular flexibility index (Phi) is 3.69. The molecule has 0 bridgehead atoms. The van der Waals surface area contributed by atoms with E-state index in [1.807, 2.05) is 25.1 Å². The lowest BCUT2D eigenvalue weighted by Gasteiger charge is -2.11. The van der Waals surface area contributed by atoms with Gasteiger partial charge >= 0.3 is 0 Å². The maximum Gasteiger partial charge on any atom is 0.106 e. The van der Waals surface area contributed by atoms with Crippen LogP contribution in [0, 0.1) is 6.92 Å². The summed E-state index contributed by atoms with van der Waals surface area (Å²) < 4.78 is 2.21. The number of hydrogen-bond acceptors (Lipinski definition) is 2. The molecule has 0 aliphatic heterocycles. The predicted molar refractivity (Wildman–Crippen MR) is 72.7 cm³/mol. The smallest absolute Gasteiger partial charge is 0.106 e. The average Bonchev–Trinajstić information content (AvgIpc) is 2.56. The molecule has 3 nitrogen and oxygen atoms in total. The molecule has 1 aromatic heterocycles. The standard InChI is InChI=1S/C13H18ClN3/c1-10-15-12-7-4-6-11(14)13(12)17(10)9-5-8-16(2)3/h4,6-7H,5,8-9H2,1-3H3. The second-order valence-electron chi connectivity index (χ2n) is 4.58. The Morgan fingerprint density at radius 1 is 1.35 bits per heavy atom. The van der Waals surface area contributed by atoms with Crippen molar-refractivity contribution in [2.75, 3.05) is 20.6 Å². The van der Waals surface area contributed by atoms with E-state index in [1.165, 1.54) is 0 Å². The van der Waals surface area contributed by atoms with Crippen LogP contribution in [0.4, 0.5) is 0 Å². The summed E-state index contributed by atoms with van der Waals surface area (Å²) in [5.41, 5.74) is 2.05. The third-order valence-electron chi connectivity index (χ3n) is 2.90. The van der Waals surface area contributed by atoms with Gasteiger partial charge in [0.25, 0.3) is 0 Å². The lowest BCUT2D eigenvalue weighted by atomic mass is 10.3. The molecular weight excluding hydrogens is 234 g/mol. The van der Waals surface area contributed by atoms with Crippen LogP contribution in [0.2, 0.25) is 5.02 Å². The van der Waals surface area contributed by atoms with Gasteiger partial charge in [-0.2, -0.15) is 0 Å². The van der Waals surface area contributed by atoms with Crippen LogP contribution in [0.5, 0.6) is 0 Å². The van der Waals surface area contributed by atoms with Crippen molar-refractivity contribution >= 4 is 22.6 Å². The molecule has 0 saturated carbocycles. The van der Waals surface area contributed by atoms with Gasteiger partial charge in [0.15, 0.2) is 0 Å². The highest BCUT2D eigenvalue weighted by Crippen LogP contribution is 2.24. The summed E-state index contributed by atoms with van der Waals surface area (Å²) in [6, 6.07) is 5.88. The van der Waals surface area contributed by atoms with Crippen molar-refractivity contribution in [2.24, 2.45) is 0 Å². The molecule has 0 spiro atoms. The van der Waals surface area contributed by atoms with E-state index in [1.54, 1.807) is 0 Å². The Morgan fingerprint density at radius 2 is 2.12 bits per heavy atom. The van der Waals surface area contributed by atoms with Gasteiger partial charge < -0.3 is 9.47 Å². The van der Waals surface area contributed by atoms with E-state index in [9.17, 15) is 0 Å². The number of imidazole rings is 1. The first-order valence-corrected chi connectivity index (χ1v) is 6.23. The predicted octanol–water partition coefficient (Wildman–Crippen LogP) is 2.95. The van der Waals surface area contributed by atoms with Crippen LogP contribution < -0.4 is 0 Å². The van der Waals surface area contributed by atoms with E-state index in [0.717, 1.165) is 41.4 Å². The fraction of sp³-hybridized carbons (Fsp3) is 0.462. The van der Waals surface area contributed by atoms with Crippen LogP contribution in [0.25, 0.3) is 11.0 Å². The van der Waals surface area contributed by atoms with Gasteiger partial charge in [0, 0.05) is 6.54 Å². The Bertz CT molecular complexity index is 517. The van der Waals surface area contributed by atoms with E-state index >= 15 is 0 Å². The first-order valence-electron chi connectivity index (χ1n) is 5.85. The number of para-hydroxylation sites is 1. The van der Waals surface area contributed by atoms with Crippen LogP contribution in [-0.4, -0.2) is 35.1 Å². The molecule has 0 saturated heterocycles. The molecule has 0 aliphatic carbocycles. The van der Waals surface area contributed by atoms with Gasteiger partial charge in [0.2, 0.25) is 0 Å². The molecule has 0 radical (unpaired) electrons. The minimum Gasteiger partial charge on any atom is -0.327 e. The van der Waals surface area contributed by atoms with Crippen molar-refractivity contribution in [3.63, 3.8) is 0 Å². The highest BCUT2D eigenvalue weighted by Gasteiger charge is 2.09. The van der Waals surface area contributed by atoms with E-state index in [-0.39, 0.29) is 0 Å². The molecule has 17 heavy (non-hydrogen) atoms. The number of benzene rings is 1. The van der Waals surface area contributed by atoms with Gasteiger partial charge in [-0.15, -0.1) is 0 Å². The summed E-state index contributed by atoms with van der Waals surface area (Å²) in [6.07, 6.45) is 1.10. The molecule has 0 N–H and O–H groups in total. The summed E-state index contributed by atoms with van der Waals surface area (Å²) in [7, 11) is 4.18. The monoisotopic (exact) mass is 251 g/mol. The molecule has 2 rings (SSSR count). The molecule has 1 aromatic carbocycles. The fourth-order valence-electron chi connectivity index (χ4n) is 2.08. The third kappa shape index (κ3) is 2.61. The van der Waals surface area contributed by atoms with E-state index in [4.69, 9.17) is 11.6 Å². The maximum absolute atomic E-state index is 6.25. The first-order chi connectivity index (χ1) is 8.09. The van der Waals surface area contributed by atoms with E-state index in [2.05, 4.69) is 28.5 Å². The summed E-state index contributed by atoms with van der Waals surface area (Å²) in [5.74, 6) is 1.03. The zero-order chi connectivity index (χ0) is 12.4. The number of hydrogen-bond donors (Lipinski definition) is 0. The van der Waals surface area contributed by atoms with Crippen molar-refractivity contribution in [1.29, 1.82) is 0 Å². The molecule has 0 atom stereocenters. The Morgan fingerprint density at radius 3 is 2.82 bits per heavy atom. The van der Waals surface area contributed by atoms with Crippen LogP contribution >= 0.6 is 11.6 Å². The molecule has 0 aliphatic rings. The fourth-order valence-corrected chi connectivity index (χ4v) is 2.35. The van der Waals surface area contributed by atoms with Crippen LogP contribution in [0.1, 0.15) is 12.2 Å². The quantitative estimate of drug-likeness (QED) is 0.833. The number of aromatic nitrogens is 2. The Hall–Kier alpha value is -1.06. The van der Waals surface area contributed by atoms with Crippen LogP contribution in [0.3, 0.4) is 0 Å². The molecule has 0 amide bonds. The molecule has 92 valence electrons. The molecule has 0 fully saturated rings. The Labute approximate surface area is 107 Å². The lowest BCUT2D eigenvalue weighted by Crippen LogP contribution is -2.15. The van der Waals surface area contributed by atoms with Crippen molar-refractivity contribution in [2.45, 2.75) is 19.9 Å². The SMILES string of the molecule is Cc1nc2cccc(Cl)c2n1CCCN(C)C. The van der Waals surface area contributed by atoms with Gasteiger partial charge in [-0.3, -0.25) is 0 Å². The highest BCUT2D eigenvalue weighted by molar-refractivity contribution is 6.35. The van der Waals surface area contributed by atoms with Gasteiger partial charge in [-0.1, -0.05) is 17.7 Å². The van der Waals surface area contributed by atoms with Gasteiger partial charge in [-0.05, 0) is 46.1 Å². The third-order valence-corrected chi connectivity index (χ3v) is 3.20. The van der Waals surface area contributed by atoms with Gasteiger partial charge in [0.1, 0.15) is 5.82 Å². The molecule has 2 aromatic rings. The summed E-state index contributed by atoms with van der Waals surface area (Å²) in [4.78, 5) is 6.73. The molecule has 1 heterocycles. The normalized spacial score (nSPS) is 11.6. The second kappa shape index (κ2) is 5.07. The summed E-state index contributed by atoms with van der Waals surface area (Å²) >= 11 is 6.25. The summed E-state index contributed by atoms with van der Waals surface area (Å²) in [6.45, 7) is 4.07.